The standard InChI is InChI=1S/C22H29N3O/c1-16-9-11-25(12-10-16)18-13-17(14-23-15-18)21(26)24-20-8-6-5-7-19(20)22(2,3)4/h5-8,13-16H,9-12H2,1-4H3,(H,24,26). The lowest BCUT2D eigenvalue weighted by atomic mass is 9.86. The van der Waals surface area contributed by atoms with Crippen molar-refractivity contribution in [2.45, 2.75) is 46.0 Å². The average molecular weight is 351 g/mol. The topological polar surface area (TPSA) is 45.2 Å². The van der Waals surface area contributed by atoms with Crippen molar-refractivity contribution in [2.75, 3.05) is 23.3 Å². The second-order valence-electron chi connectivity index (χ2n) is 8.35. The summed E-state index contributed by atoms with van der Waals surface area (Å²) in [5, 5.41) is 3.07. The summed E-state index contributed by atoms with van der Waals surface area (Å²) in [6, 6.07) is 9.95. The Kier molecular flexibility index (Phi) is 5.30. The predicted molar refractivity (Wildman–Crippen MR) is 108 cm³/mol. The molecule has 2 aromatic rings. The zero-order valence-corrected chi connectivity index (χ0v) is 16.2. The summed E-state index contributed by atoms with van der Waals surface area (Å²) in [7, 11) is 0. The number of hydrogen-bond donors (Lipinski definition) is 1. The molecule has 1 fully saturated rings. The summed E-state index contributed by atoms with van der Waals surface area (Å²) in [6.45, 7) is 10.8. The average Bonchev–Trinajstić information content (AvgIpc) is 2.62. The molecular formula is C22H29N3O. The SMILES string of the molecule is CC1CCN(c2cncc(C(=O)Nc3ccccc3C(C)(C)C)c2)CC1. The van der Waals surface area contributed by atoms with Crippen LogP contribution in [-0.2, 0) is 5.41 Å². The normalized spacial score (nSPS) is 15.8. The molecule has 0 saturated carbocycles. The summed E-state index contributed by atoms with van der Waals surface area (Å²) in [6.07, 6.45) is 5.88. The quantitative estimate of drug-likeness (QED) is 0.858. The zero-order valence-electron chi connectivity index (χ0n) is 16.2. The lowest BCUT2D eigenvalue weighted by Crippen LogP contribution is -2.33. The van der Waals surface area contributed by atoms with Gasteiger partial charge in [0.15, 0.2) is 0 Å². The fraction of sp³-hybridized carbons (Fsp3) is 0.455. The zero-order chi connectivity index (χ0) is 18.7. The highest BCUT2D eigenvalue weighted by molar-refractivity contribution is 6.05. The van der Waals surface area contributed by atoms with Gasteiger partial charge in [0, 0.05) is 25.0 Å². The number of anilines is 2. The van der Waals surface area contributed by atoms with Gasteiger partial charge in [-0.05, 0) is 41.9 Å². The van der Waals surface area contributed by atoms with E-state index in [2.05, 4.69) is 49.0 Å². The van der Waals surface area contributed by atoms with E-state index in [-0.39, 0.29) is 11.3 Å². The lowest BCUT2D eigenvalue weighted by molar-refractivity contribution is 0.102. The van der Waals surface area contributed by atoms with Crippen molar-refractivity contribution >= 4 is 17.3 Å². The number of nitrogens with zero attached hydrogens (tertiary/aromatic N) is 2. The van der Waals surface area contributed by atoms with Crippen LogP contribution < -0.4 is 10.2 Å². The van der Waals surface area contributed by atoms with Crippen LogP contribution in [0.4, 0.5) is 11.4 Å². The van der Waals surface area contributed by atoms with Crippen LogP contribution in [-0.4, -0.2) is 24.0 Å². The number of hydrogen-bond acceptors (Lipinski definition) is 3. The minimum Gasteiger partial charge on any atom is -0.370 e. The summed E-state index contributed by atoms with van der Waals surface area (Å²) in [5.74, 6) is 0.668. The number of piperidine rings is 1. The number of benzene rings is 1. The molecule has 0 unspecified atom stereocenters. The Bertz CT molecular complexity index is 771. The summed E-state index contributed by atoms with van der Waals surface area (Å²) in [5.41, 5.74) is 3.59. The van der Waals surface area contributed by atoms with E-state index in [4.69, 9.17) is 0 Å². The molecule has 0 radical (unpaired) electrons. The van der Waals surface area contributed by atoms with E-state index in [0.717, 1.165) is 35.9 Å². The third kappa shape index (κ3) is 4.24. The number of para-hydroxylation sites is 1. The predicted octanol–water partition coefficient (Wildman–Crippen LogP) is 4.87. The lowest BCUT2D eigenvalue weighted by Gasteiger charge is -2.32. The molecule has 1 aromatic carbocycles. The Labute approximate surface area is 156 Å². The number of pyridine rings is 1. The van der Waals surface area contributed by atoms with Gasteiger partial charge in [-0.25, -0.2) is 0 Å². The van der Waals surface area contributed by atoms with Crippen molar-refractivity contribution in [3.63, 3.8) is 0 Å². The third-order valence-electron chi connectivity index (χ3n) is 5.12. The van der Waals surface area contributed by atoms with E-state index in [0.29, 0.717) is 5.56 Å². The number of aromatic nitrogens is 1. The maximum Gasteiger partial charge on any atom is 0.257 e. The van der Waals surface area contributed by atoms with E-state index < -0.39 is 0 Å². The summed E-state index contributed by atoms with van der Waals surface area (Å²) in [4.78, 5) is 19.4. The number of rotatable bonds is 3. The molecule has 1 aliphatic rings. The molecule has 2 heterocycles. The highest BCUT2D eigenvalue weighted by Crippen LogP contribution is 2.30. The first-order chi connectivity index (χ1) is 12.3. The molecule has 26 heavy (non-hydrogen) atoms. The van der Waals surface area contributed by atoms with Crippen LogP contribution in [0.15, 0.2) is 42.7 Å². The van der Waals surface area contributed by atoms with Crippen molar-refractivity contribution in [2.24, 2.45) is 5.92 Å². The number of carbonyl (C=O) groups is 1. The minimum atomic E-state index is -0.110. The van der Waals surface area contributed by atoms with Gasteiger partial charge < -0.3 is 10.2 Å². The van der Waals surface area contributed by atoms with Crippen LogP contribution in [0.3, 0.4) is 0 Å². The Balaban J connectivity index is 1.78. The fourth-order valence-corrected chi connectivity index (χ4v) is 3.43. The molecule has 0 bridgehead atoms. The van der Waals surface area contributed by atoms with Crippen molar-refractivity contribution in [1.29, 1.82) is 0 Å². The molecule has 1 aromatic heterocycles. The van der Waals surface area contributed by atoms with E-state index in [1.807, 2.05) is 30.5 Å². The monoisotopic (exact) mass is 351 g/mol. The first-order valence-electron chi connectivity index (χ1n) is 9.45. The summed E-state index contributed by atoms with van der Waals surface area (Å²) >= 11 is 0. The molecule has 138 valence electrons. The molecule has 0 aliphatic carbocycles. The van der Waals surface area contributed by atoms with E-state index in [9.17, 15) is 4.79 Å². The Morgan fingerprint density at radius 2 is 1.85 bits per heavy atom. The number of carbonyl (C=O) groups excluding carboxylic acids is 1. The molecule has 3 rings (SSSR count). The highest BCUT2D eigenvalue weighted by atomic mass is 16.1. The molecule has 1 aliphatic heterocycles. The van der Waals surface area contributed by atoms with Gasteiger partial charge in [-0.1, -0.05) is 45.9 Å². The van der Waals surface area contributed by atoms with Crippen LogP contribution >= 0.6 is 0 Å². The van der Waals surface area contributed by atoms with Crippen LogP contribution in [0.5, 0.6) is 0 Å². The van der Waals surface area contributed by atoms with Crippen molar-refractivity contribution < 1.29 is 4.79 Å². The van der Waals surface area contributed by atoms with Crippen LogP contribution in [0.2, 0.25) is 0 Å². The smallest absolute Gasteiger partial charge is 0.257 e. The maximum atomic E-state index is 12.8. The largest absolute Gasteiger partial charge is 0.370 e. The third-order valence-corrected chi connectivity index (χ3v) is 5.12. The van der Waals surface area contributed by atoms with E-state index >= 15 is 0 Å². The van der Waals surface area contributed by atoms with Gasteiger partial charge in [0.05, 0.1) is 17.4 Å². The Morgan fingerprint density at radius 1 is 1.15 bits per heavy atom. The van der Waals surface area contributed by atoms with Crippen LogP contribution in [0, 0.1) is 5.92 Å². The van der Waals surface area contributed by atoms with Gasteiger partial charge >= 0.3 is 0 Å². The minimum absolute atomic E-state index is 0.0333. The fourth-order valence-electron chi connectivity index (χ4n) is 3.43. The van der Waals surface area contributed by atoms with Gasteiger partial charge in [0.25, 0.3) is 5.91 Å². The van der Waals surface area contributed by atoms with Crippen molar-refractivity contribution in [3.8, 4) is 0 Å². The first-order valence-corrected chi connectivity index (χ1v) is 9.45. The molecular weight excluding hydrogens is 322 g/mol. The highest BCUT2D eigenvalue weighted by Gasteiger charge is 2.20. The molecule has 0 atom stereocenters. The van der Waals surface area contributed by atoms with E-state index in [1.54, 1.807) is 6.20 Å². The first kappa shape index (κ1) is 18.4. The Morgan fingerprint density at radius 3 is 2.54 bits per heavy atom. The van der Waals surface area contributed by atoms with Gasteiger partial charge in [-0.3, -0.25) is 9.78 Å². The molecule has 0 spiro atoms. The molecule has 4 nitrogen and oxygen atoms in total. The summed E-state index contributed by atoms with van der Waals surface area (Å²) < 4.78 is 0. The molecule has 1 N–H and O–H groups in total. The Hall–Kier alpha value is -2.36. The molecule has 1 saturated heterocycles. The van der Waals surface area contributed by atoms with Crippen LogP contribution in [0.25, 0.3) is 0 Å². The second-order valence-corrected chi connectivity index (χ2v) is 8.35. The maximum absolute atomic E-state index is 12.8. The van der Waals surface area contributed by atoms with Gasteiger partial charge in [-0.15, -0.1) is 0 Å². The second kappa shape index (κ2) is 7.48. The molecule has 4 heteroatoms. The van der Waals surface area contributed by atoms with Gasteiger partial charge in [0.2, 0.25) is 0 Å². The molecule has 1 amide bonds. The number of nitrogens with one attached hydrogen (secondary N) is 1. The van der Waals surface area contributed by atoms with E-state index in [1.165, 1.54) is 12.8 Å². The van der Waals surface area contributed by atoms with Crippen molar-refractivity contribution in [1.82, 2.24) is 4.98 Å². The van der Waals surface area contributed by atoms with Gasteiger partial charge in [0.1, 0.15) is 0 Å². The number of amides is 1. The van der Waals surface area contributed by atoms with Crippen LogP contribution in [0.1, 0.15) is 56.5 Å². The van der Waals surface area contributed by atoms with Gasteiger partial charge in [-0.2, -0.15) is 0 Å². The van der Waals surface area contributed by atoms with Crippen molar-refractivity contribution in [3.05, 3.63) is 53.9 Å².